The number of aliphatic hydroxyl groups excluding tert-OH is 3. The van der Waals surface area contributed by atoms with E-state index >= 15 is 0 Å². The van der Waals surface area contributed by atoms with E-state index in [0.29, 0.717) is 31.9 Å². The number of carbonyl (C=O) groups excluding carboxylic acids is 5. The van der Waals surface area contributed by atoms with E-state index in [4.69, 9.17) is 9.47 Å². The Morgan fingerprint density at radius 3 is 2.26 bits per heavy atom. The summed E-state index contributed by atoms with van der Waals surface area (Å²) in [5.41, 5.74) is -1.16. The molecule has 1 aromatic rings. The maximum Gasteiger partial charge on any atom is 0.299 e. The average Bonchev–Trinajstić information content (AvgIpc) is 3.02. The average molecular weight is 658 g/mol. The SMILES string of the molecule is CNC(CCC(=O)NCC(C)=O)C(=O)NCC(=O)NC1CCC(NC(=O)C2OC(Oc3ncc(F)c(=O)[nH]3)C(O)C(O)C2O)CC1. The first-order chi connectivity index (χ1) is 21.8. The second-order valence-electron chi connectivity index (χ2n) is 11.1. The number of ketones is 1. The van der Waals surface area contributed by atoms with Crippen molar-refractivity contribution in [1.29, 1.82) is 0 Å². The number of hydrogen-bond donors (Lipinski definition) is 9. The quantitative estimate of drug-likeness (QED) is 0.0920. The summed E-state index contributed by atoms with van der Waals surface area (Å²) in [6, 6.07) is -1.89. The second-order valence-corrected chi connectivity index (χ2v) is 11.1. The minimum atomic E-state index is -1.87. The molecule has 46 heavy (non-hydrogen) atoms. The molecule has 0 spiro atoms. The number of likely N-dealkylation sites (N-methyl/N-ethyl adjacent to an activating group) is 1. The zero-order chi connectivity index (χ0) is 34.0. The van der Waals surface area contributed by atoms with Crippen molar-refractivity contribution in [2.45, 2.75) is 94.3 Å². The summed E-state index contributed by atoms with van der Waals surface area (Å²) in [5.74, 6) is -3.46. The Bertz CT molecular complexity index is 1310. The van der Waals surface area contributed by atoms with Crippen LogP contribution in [0.25, 0.3) is 0 Å². The molecule has 2 aliphatic rings. The van der Waals surface area contributed by atoms with E-state index < -0.39 is 71.9 Å². The molecule has 2 fully saturated rings. The van der Waals surface area contributed by atoms with Gasteiger partial charge < -0.3 is 51.4 Å². The summed E-state index contributed by atoms with van der Waals surface area (Å²) in [4.78, 5) is 77.5. The molecule has 1 aromatic heterocycles. The van der Waals surface area contributed by atoms with Gasteiger partial charge in [-0.25, -0.2) is 4.98 Å². The largest absolute Gasteiger partial charge is 0.432 e. The molecule has 6 unspecified atom stereocenters. The maximum absolute atomic E-state index is 13.2. The lowest BCUT2D eigenvalue weighted by Crippen LogP contribution is -2.63. The van der Waals surface area contributed by atoms with Crippen molar-refractivity contribution in [2.75, 3.05) is 20.1 Å². The Hall–Kier alpha value is -4.04. The number of rotatable bonds is 14. The molecular weight excluding hydrogens is 617 g/mol. The summed E-state index contributed by atoms with van der Waals surface area (Å²) in [5, 5.41) is 44.1. The summed E-state index contributed by atoms with van der Waals surface area (Å²) in [6.07, 6.45) is -6.39. The minimum Gasteiger partial charge on any atom is -0.432 e. The predicted octanol–water partition coefficient (Wildman–Crippen LogP) is -4.17. The molecule has 0 bridgehead atoms. The number of aliphatic hydroxyl groups is 3. The number of Topliss-reactive ketones (excluding diaryl/α,β-unsaturated/α-hetero) is 1. The number of H-pyrrole nitrogens is 1. The van der Waals surface area contributed by atoms with Gasteiger partial charge in [0.2, 0.25) is 29.8 Å². The molecule has 1 aliphatic carbocycles. The lowest BCUT2D eigenvalue weighted by atomic mass is 9.90. The Kier molecular flexibility index (Phi) is 13.5. The third-order valence-corrected chi connectivity index (χ3v) is 7.51. The second kappa shape index (κ2) is 17.0. The molecule has 1 saturated carbocycles. The lowest BCUT2D eigenvalue weighted by Gasteiger charge is -2.39. The van der Waals surface area contributed by atoms with Crippen LogP contribution in [-0.4, -0.2) is 124 Å². The number of amides is 4. The van der Waals surface area contributed by atoms with Crippen LogP contribution in [-0.2, 0) is 28.7 Å². The van der Waals surface area contributed by atoms with Crippen molar-refractivity contribution >= 4 is 29.4 Å². The van der Waals surface area contributed by atoms with Crippen LogP contribution in [0.1, 0.15) is 45.4 Å². The summed E-state index contributed by atoms with van der Waals surface area (Å²) in [6.45, 7) is 0.962. The van der Waals surface area contributed by atoms with Crippen molar-refractivity contribution in [3.8, 4) is 6.01 Å². The van der Waals surface area contributed by atoms with Gasteiger partial charge in [-0.05, 0) is 46.1 Å². The van der Waals surface area contributed by atoms with E-state index in [1.807, 2.05) is 4.98 Å². The number of hydrogen-bond acceptors (Lipinski definition) is 13. The fourth-order valence-electron chi connectivity index (χ4n) is 4.92. The number of halogens is 1. The molecule has 9 N–H and O–H groups in total. The van der Waals surface area contributed by atoms with Crippen LogP contribution in [0, 0.1) is 5.82 Å². The Morgan fingerprint density at radius 1 is 1.00 bits per heavy atom. The van der Waals surface area contributed by atoms with E-state index in [0.717, 1.165) is 0 Å². The highest BCUT2D eigenvalue weighted by atomic mass is 19.1. The molecule has 4 amide bonds. The Labute approximate surface area is 262 Å². The molecule has 1 saturated heterocycles. The van der Waals surface area contributed by atoms with Crippen molar-refractivity contribution in [1.82, 2.24) is 36.6 Å². The lowest BCUT2D eigenvalue weighted by molar-refractivity contribution is -0.268. The van der Waals surface area contributed by atoms with E-state index in [2.05, 4.69) is 31.6 Å². The summed E-state index contributed by atoms with van der Waals surface area (Å²) >= 11 is 0. The van der Waals surface area contributed by atoms with Crippen LogP contribution in [0.3, 0.4) is 0 Å². The Balaban J connectivity index is 1.41. The standard InChI is InChI=1S/C27H40FN7O11/c1-12(36)9-30-17(37)8-7-16(29-2)24(43)31-11-18(38)33-13-3-5-14(6-4-13)34-25(44)22-20(40)19(39)21(41)26(45-22)46-27-32-10-15(28)23(42)35-27/h10,13-14,16,19-22,26,29,39-41H,3-9,11H2,1-2H3,(H,30,37)(H,31,43)(H,33,38)(H,34,44)(H,32,35,42). The molecule has 0 aromatic carbocycles. The highest BCUT2D eigenvalue weighted by Gasteiger charge is 2.48. The molecule has 1 aliphatic heterocycles. The van der Waals surface area contributed by atoms with Crippen molar-refractivity contribution < 1.29 is 53.2 Å². The molecule has 18 nitrogen and oxygen atoms in total. The van der Waals surface area contributed by atoms with Gasteiger partial charge in [-0.1, -0.05) is 0 Å². The third kappa shape index (κ3) is 10.5. The van der Waals surface area contributed by atoms with Gasteiger partial charge in [-0.3, -0.25) is 33.8 Å². The molecule has 0 radical (unpaired) electrons. The maximum atomic E-state index is 13.2. The van der Waals surface area contributed by atoms with Gasteiger partial charge in [0.15, 0.2) is 6.10 Å². The molecule has 19 heteroatoms. The Morgan fingerprint density at radius 2 is 1.65 bits per heavy atom. The first-order valence-corrected chi connectivity index (χ1v) is 14.7. The number of ether oxygens (including phenoxy) is 2. The normalized spacial score (nSPS) is 26.7. The zero-order valence-corrected chi connectivity index (χ0v) is 25.3. The van der Waals surface area contributed by atoms with Crippen LogP contribution in [0.2, 0.25) is 0 Å². The van der Waals surface area contributed by atoms with E-state index in [-0.39, 0.29) is 49.7 Å². The molecule has 256 valence electrons. The highest BCUT2D eigenvalue weighted by molar-refractivity contribution is 5.88. The third-order valence-electron chi connectivity index (χ3n) is 7.51. The number of nitrogens with one attached hydrogen (secondary N) is 6. The monoisotopic (exact) mass is 657 g/mol. The first-order valence-electron chi connectivity index (χ1n) is 14.7. The van der Waals surface area contributed by atoms with Gasteiger partial charge in [0.25, 0.3) is 17.5 Å². The van der Waals surface area contributed by atoms with Gasteiger partial charge >= 0.3 is 0 Å². The number of nitrogens with zero attached hydrogens (tertiary/aromatic N) is 1. The van der Waals surface area contributed by atoms with Gasteiger partial charge in [-0.15, -0.1) is 0 Å². The fraction of sp³-hybridized carbons (Fsp3) is 0.667. The van der Waals surface area contributed by atoms with Crippen molar-refractivity contribution in [3.63, 3.8) is 0 Å². The zero-order valence-electron chi connectivity index (χ0n) is 25.3. The van der Waals surface area contributed by atoms with Gasteiger partial charge in [0, 0.05) is 18.5 Å². The van der Waals surface area contributed by atoms with Crippen LogP contribution in [0.4, 0.5) is 4.39 Å². The first kappa shape index (κ1) is 36.4. The van der Waals surface area contributed by atoms with Gasteiger partial charge in [-0.2, -0.15) is 4.39 Å². The number of carbonyl (C=O) groups is 5. The topological polar surface area (TPSA) is 270 Å². The van der Waals surface area contributed by atoms with Crippen LogP contribution >= 0.6 is 0 Å². The molecular formula is C27H40FN7O11. The summed E-state index contributed by atoms with van der Waals surface area (Å²) in [7, 11) is 1.54. The predicted molar refractivity (Wildman–Crippen MR) is 153 cm³/mol. The van der Waals surface area contributed by atoms with E-state index in [1.54, 1.807) is 7.05 Å². The fourth-order valence-corrected chi connectivity index (χ4v) is 4.92. The summed E-state index contributed by atoms with van der Waals surface area (Å²) < 4.78 is 23.8. The molecule has 6 atom stereocenters. The van der Waals surface area contributed by atoms with E-state index in [9.17, 15) is 48.5 Å². The highest BCUT2D eigenvalue weighted by Crippen LogP contribution is 2.24. The number of aromatic nitrogens is 2. The molecule has 2 heterocycles. The van der Waals surface area contributed by atoms with Crippen LogP contribution < -0.4 is 36.9 Å². The minimum absolute atomic E-state index is 0.0103. The smallest absolute Gasteiger partial charge is 0.299 e. The number of aromatic amines is 1. The van der Waals surface area contributed by atoms with Crippen molar-refractivity contribution in [2.24, 2.45) is 0 Å². The molecule has 3 rings (SSSR count). The van der Waals surface area contributed by atoms with Gasteiger partial charge in [0.05, 0.1) is 25.3 Å². The van der Waals surface area contributed by atoms with Gasteiger partial charge in [0.1, 0.15) is 24.1 Å². The van der Waals surface area contributed by atoms with Crippen molar-refractivity contribution in [3.05, 3.63) is 22.4 Å². The van der Waals surface area contributed by atoms with Crippen LogP contribution in [0.5, 0.6) is 6.01 Å². The van der Waals surface area contributed by atoms with E-state index in [1.165, 1.54) is 6.92 Å². The van der Waals surface area contributed by atoms with Crippen LogP contribution in [0.15, 0.2) is 11.0 Å².